The van der Waals surface area contributed by atoms with Crippen molar-refractivity contribution in [3.8, 4) is 0 Å². The van der Waals surface area contributed by atoms with Gasteiger partial charge in [-0.3, -0.25) is 14.7 Å². The molecule has 0 spiro atoms. The van der Waals surface area contributed by atoms with Crippen LogP contribution in [0.1, 0.15) is 10.5 Å². The minimum Gasteiger partial charge on any atom is -0.466 e. The summed E-state index contributed by atoms with van der Waals surface area (Å²) in [5.74, 6) is -1.02. The summed E-state index contributed by atoms with van der Waals surface area (Å²) in [6.45, 7) is 0.118. The highest BCUT2D eigenvalue weighted by Gasteiger charge is 2.16. The Labute approximate surface area is 118 Å². The second-order valence-electron chi connectivity index (χ2n) is 4.09. The van der Waals surface area contributed by atoms with E-state index in [1.165, 1.54) is 30.2 Å². The first-order valence-corrected chi connectivity index (χ1v) is 5.97. The highest BCUT2D eigenvalue weighted by atomic mass is 16.5. The van der Waals surface area contributed by atoms with Crippen molar-refractivity contribution in [2.45, 2.75) is 0 Å². The lowest BCUT2D eigenvalue weighted by Crippen LogP contribution is -2.24. The van der Waals surface area contributed by atoms with Gasteiger partial charge in [-0.1, -0.05) is 6.08 Å². The fraction of sp³-hybridized carbons (Fsp3) is 0.250. The quantitative estimate of drug-likeness (QED) is 0.557. The molecule has 0 aliphatic carbocycles. The van der Waals surface area contributed by atoms with Crippen molar-refractivity contribution >= 4 is 22.9 Å². The van der Waals surface area contributed by atoms with E-state index in [-0.39, 0.29) is 28.8 Å². The van der Waals surface area contributed by atoms with Crippen LogP contribution in [0, 0.1) is 0 Å². The van der Waals surface area contributed by atoms with E-state index in [2.05, 4.69) is 25.2 Å². The molecule has 0 aliphatic rings. The molecule has 2 heterocycles. The van der Waals surface area contributed by atoms with Crippen LogP contribution in [0.4, 0.5) is 0 Å². The van der Waals surface area contributed by atoms with Gasteiger partial charge in [0.15, 0.2) is 11.2 Å². The Morgan fingerprint density at radius 1 is 1.52 bits per heavy atom. The van der Waals surface area contributed by atoms with Crippen LogP contribution in [-0.4, -0.2) is 45.3 Å². The molecule has 2 N–H and O–H groups in total. The smallest absolute Gasteiger partial charge is 0.330 e. The van der Waals surface area contributed by atoms with Crippen molar-refractivity contribution in [3.63, 3.8) is 0 Å². The third-order valence-electron chi connectivity index (χ3n) is 2.69. The fourth-order valence-corrected chi connectivity index (χ4v) is 1.60. The van der Waals surface area contributed by atoms with E-state index in [1.807, 2.05) is 0 Å². The third kappa shape index (κ3) is 2.96. The number of hydrogen-bond donors (Lipinski definition) is 2. The predicted octanol–water partition coefficient (Wildman–Crippen LogP) is -0.884. The van der Waals surface area contributed by atoms with Crippen LogP contribution in [-0.2, 0) is 16.6 Å². The summed E-state index contributed by atoms with van der Waals surface area (Å²) in [4.78, 5) is 38.6. The normalized spacial score (nSPS) is 11.0. The molecule has 0 saturated carbocycles. The molecule has 0 aliphatic heterocycles. The minimum atomic E-state index is -0.514. The molecule has 0 fully saturated rings. The topological polar surface area (TPSA) is 119 Å². The summed E-state index contributed by atoms with van der Waals surface area (Å²) in [6, 6.07) is 0. The van der Waals surface area contributed by atoms with Gasteiger partial charge in [-0.15, -0.1) is 0 Å². The number of fused-ring (bicyclic) bond motifs is 1. The molecule has 0 unspecified atom stereocenters. The number of carbonyl (C=O) groups is 2. The zero-order valence-corrected chi connectivity index (χ0v) is 11.4. The molecule has 0 radical (unpaired) electrons. The van der Waals surface area contributed by atoms with Gasteiger partial charge in [0.25, 0.3) is 11.5 Å². The lowest BCUT2D eigenvalue weighted by molar-refractivity contribution is -0.134. The van der Waals surface area contributed by atoms with E-state index in [0.717, 1.165) is 0 Å². The number of methoxy groups -OCH3 is 1. The van der Waals surface area contributed by atoms with Crippen LogP contribution in [0.2, 0.25) is 0 Å². The first kappa shape index (κ1) is 14.4. The zero-order valence-electron chi connectivity index (χ0n) is 11.4. The largest absolute Gasteiger partial charge is 0.466 e. The average molecular weight is 291 g/mol. The minimum absolute atomic E-state index is 0.0224. The zero-order chi connectivity index (χ0) is 15.4. The summed E-state index contributed by atoms with van der Waals surface area (Å²) in [7, 11) is 2.81. The number of aryl methyl sites for hydroxylation is 1. The first-order chi connectivity index (χ1) is 10.0. The van der Waals surface area contributed by atoms with Gasteiger partial charge in [-0.2, -0.15) is 5.10 Å². The second-order valence-corrected chi connectivity index (χ2v) is 4.09. The number of ether oxygens (including phenoxy) is 1. The van der Waals surface area contributed by atoms with E-state index in [9.17, 15) is 14.4 Å². The van der Waals surface area contributed by atoms with Gasteiger partial charge in [0.05, 0.1) is 13.4 Å². The number of amides is 1. The van der Waals surface area contributed by atoms with E-state index >= 15 is 0 Å². The van der Waals surface area contributed by atoms with Crippen LogP contribution in [0.15, 0.2) is 23.3 Å². The number of aromatic amines is 1. The van der Waals surface area contributed by atoms with Crippen molar-refractivity contribution < 1.29 is 14.3 Å². The molecule has 21 heavy (non-hydrogen) atoms. The Bertz CT molecular complexity index is 774. The van der Waals surface area contributed by atoms with Gasteiger partial charge >= 0.3 is 5.97 Å². The lowest BCUT2D eigenvalue weighted by Gasteiger charge is -1.99. The molecule has 2 aromatic rings. The Hall–Kier alpha value is -2.97. The maximum Gasteiger partial charge on any atom is 0.330 e. The summed E-state index contributed by atoms with van der Waals surface area (Å²) in [5, 5.41) is 8.82. The number of rotatable bonds is 4. The molecule has 0 bridgehead atoms. The molecular formula is C12H13N5O4. The Kier molecular flexibility index (Phi) is 4.12. The average Bonchev–Trinajstić information content (AvgIpc) is 2.91. The SMILES string of the molecule is COC(=O)/C=C/CNC(=O)c1n[nH]c2c(=O)n(C)cnc12. The highest BCUT2D eigenvalue weighted by molar-refractivity contribution is 6.02. The predicted molar refractivity (Wildman–Crippen MR) is 72.6 cm³/mol. The Morgan fingerprint density at radius 2 is 2.29 bits per heavy atom. The number of H-pyrrole nitrogens is 1. The van der Waals surface area contributed by atoms with Gasteiger partial charge in [0, 0.05) is 19.7 Å². The summed E-state index contributed by atoms with van der Waals surface area (Å²) >= 11 is 0. The van der Waals surface area contributed by atoms with Crippen LogP contribution in [0.3, 0.4) is 0 Å². The number of esters is 1. The highest BCUT2D eigenvalue weighted by Crippen LogP contribution is 2.08. The van der Waals surface area contributed by atoms with Crippen LogP contribution >= 0.6 is 0 Å². The van der Waals surface area contributed by atoms with Gasteiger partial charge in [0.1, 0.15) is 5.52 Å². The molecular weight excluding hydrogens is 278 g/mol. The molecule has 1 amide bonds. The molecule has 9 heteroatoms. The van der Waals surface area contributed by atoms with Crippen molar-refractivity contribution in [2.24, 2.45) is 7.05 Å². The number of nitrogens with one attached hydrogen (secondary N) is 2. The van der Waals surface area contributed by atoms with Gasteiger partial charge in [0.2, 0.25) is 0 Å². The summed E-state index contributed by atoms with van der Waals surface area (Å²) < 4.78 is 5.69. The number of nitrogens with zero attached hydrogens (tertiary/aromatic N) is 3. The van der Waals surface area contributed by atoms with Crippen molar-refractivity contribution in [1.82, 2.24) is 25.1 Å². The standard InChI is InChI=1S/C12H13N5O4/c1-17-6-14-8-9(15-16-10(8)12(17)20)11(19)13-5-3-4-7(18)21-2/h3-4,6H,5H2,1-2H3,(H,13,19)(H,15,16)/b4-3+. The first-order valence-electron chi connectivity index (χ1n) is 5.97. The van der Waals surface area contributed by atoms with Crippen molar-refractivity contribution in [1.29, 1.82) is 0 Å². The van der Waals surface area contributed by atoms with Gasteiger partial charge < -0.3 is 14.6 Å². The monoisotopic (exact) mass is 291 g/mol. The molecule has 0 atom stereocenters. The van der Waals surface area contributed by atoms with Crippen LogP contribution in [0.5, 0.6) is 0 Å². The van der Waals surface area contributed by atoms with Crippen LogP contribution < -0.4 is 10.9 Å². The summed E-state index contributed by atoms with van der Waals surface area (Å²) in [6.07, 6.45) is 3.94. The molecule has 0 aromatic carbocycles. The van der Waals surface area contributed by atoms with E-state index in [0.29, 0.717) is 0 Å². The molecule has 2 aromatic heterocycles. The molecule has 2 rings (SSSR count). The van der Waals surface area contributed by atoms with Gasteiger partial charge in [-0.05, 0) is 0 Å². The number of hydrogen-bond acceptors (Lipinski definition) is 6. The Morgan fingerprint density at radius 3 is 3.00 bits per heavy atom. The maximum atomic E-state index is 11.9. The number of aromatic nitrogens is 4. The Balaban J connectivity index is 2.14. The van der Waals surface area contributed by atoms with Crippen LogP contribution in [0.25, 0.3) is 11.0 Å². The maximum absolute atomic E-state index is 11.9. The molecule has 0 saturated heterocycles. The lowest BCUT2D eigenvalue weighted by atomic mass is 10.3. The molecule has 110 valence electrons. The molecule has 9 nitrogen and oxygen atoms in total. The van der Waals surface area contributed by atoms with Gasteiger partial charge in [-0.25, -0.2) is 9.78 Å². The fourth-order valence-electron chi connectivity index (χ4n) is 1.60. The summed E-state index contributed by atoms with van der Waals surface area (Å²) in [5.41, 5.74) is 0.0640. The van der Waals surface area contributed by atoms with Crippen molar-refractivity contribution in [2.75, 3.05) is 13.7 Å². The third-order valence-corrected chi connectivity index (χ3v) is 2.69. The number of carbonyl (C=O) groups excluding carboxylic acids is 2. The second kappa shape index (κ2) is 5.99. The van der Waals surface area contributed by atoms with E-state index in [4.69, 9.17) is 0 Å². The van der Waals surface area contributed by atoms with E-state index < -0.39 is 11.9 Å². The van der Waals surface area contributed by atoms with E-state index in [1.54, 1.807) is 7.05 Å². The van der Waals surface area contributed by atoms with Crippen molar-refractivity contribution in [3.05, 3.63) is 34.5 Å².